The Labute approximate surface area is 274 Å². The Bertz CT molecular complexity index is 2200. The van der Waals surface area contributed by atoms with E-state index in [1.165, 1.54) is 83.1 Å². The van der Waals surface area contributed by atoms with Crippen LogP contribution in [0.1, 0.15) is 61.1 Å². The number of hydrogen-bond acceptors (Lipinski definition) is 0. The molecule has 5 aromatic carbocycles. The fourth-order valence-electron chi connectivity index (χ4n) is 8.16. The van der Waals surface area contributed by atoms with Crippen molar-refractivity contribution in [1.82, 2.24) is 0 Å². The lowest BCUT2D eigenvalue weighted by molar-refractivity contribution is 0.794. The van der Waals surface area contributed by atoms with Crippen LogP contribution in [0.4, 0.5) is 0 Å². The van der Waals surface area contributed by atoms with Gasteiger partial charge in [0.2, 0.25) is 0 Å². The molecule has 0 radical (unpaired) electrons. The second kappa shape index (κ2) is 11.3. The minimum atomic E-state index is -0.398. The van der Waals surface area contributed by atoms with Crippen molar-refractivity contribution in [2.75, 3.05) is 0 Å². The van der Waals surface area contributed by atoms with Crippen molar-refractivity contribution < 1.29 is 0 Å². The van der Waals surface area contributed by atoms with Gasteiger partial charge in [0.1, 0.15) is 0 Å². The van der Waals surface area contributed by atoms with E-state index in [0.717, 1.165) is 11.1 Å². The van der Waals surface area contributed by atoms with Gasteiger partial charge in [0.05, 0.1) is 5.41 Å². The molecule has 2 aliphatic carbocycles. The molecule has 0 aromatic heterocycles. The number of rotatable bonds is 5. The Kier molecular flexibility index (Phi) is 7.25. The first-order valence-electron chi connectivity index (χ1n) is 16.3. The zero-order valence-corrected chi connectivity index (χ0v) is 27.5. The number of hydrogen-bond donors (Lipinski definition) is 0. The van der Waals surface area contributed by atoms with Gasteiger partial charge in [0, 0.05) is 0 Å². The van der Waals surface area contributed by atoms with Crippen molar-refractivity contribution in [3.8, 4) is 22.3 Å². The van der Waals surface area contributed by atoms with Crippen LogP contribution < -0.4 is 0 Å². The normalized spacial score (nSPS) is 18.2. The van der Waals surface area contributed by atoms with Gasteiger partial charge in [-0.15, -0.1) is 0 Å². The molecule has 0 amide bonds. The highest BCUT2D eigenvalue weighted by Gasteiger charge is 2.53. The SMILES string of the molecule is C=C/C=C(\C(C=C)=C(C)C)c1ccc(-c2ccc(C)cc2)c2cc3c(cc12)C1(C(=C/C)/C(=C\C)c2ccccc21)c1ccccc1-3. The van der Waals surface area contributed by atoms with Crippen LogP contribution in [-0.2, 0) is 5.41 Å². The summed E-state index contributed by atoms with van der Waals surface area (Å²) in [4.78, 5) is 0. The molecule has 0 heterocycles. The highest BCUT2D eigenvalue weighted by Crippen LogP contribution is 2.64. The van der Waals surface area contributed by atoms with E-state index in [1.54, 1.807) is 0 Å². The molecule has 0 saturated heterocycles. The molecule has 224 valence electrons. The summed E-state index contributed by atoms with van der Waals surface area (Å²) in [7, 11) is 0. The molecular formula is C46H40. The largest absolute Gasteiger partial charge is 0.0990 e. The van der Waals surface area contributed by atoms with Crippen molar-refractivity contribution in [1.29, 1.82) is 0 Å². The number of fused-ring (bicyclic) bond motifs is 8. The van der Waals surface area contributed by atoms with Crippen molar-refractivity contribution in [3.05, 3.63) is 191 Å². The molecule has 5 aromatic rings. The molecule has 2 aliphatic rings. The maximum atomic E-state index is 4.22. The third kappa shape index (κ3) is 4.06. The number of allylic oxidation sites excluding steroid dienone is 10. The molecule has 0 aliphatic heterocycles. The first-order valence-corrected chi connectivity index (χ1v) is 16.3. The molecule has 7 rings (SSSR count). The monoisotopic (exact) mass is 592 g/mol. The van der Waals surface area contributed by atoms with Gasteiger partial charge in [-0.3, -0.25) is 0 Å². The topological polar surface area (TPSA) is 0 Å². The van der Waals surface area contributed by atoms with Crippen LogP contribution in [0, 0.1) is 6.92 Å². The Balaban J connectivity index is 1.68. The van der Waals surface area contributed by atoms with Crippen LogP contribution in [0.3, 0.4) is 0 Å². The summed E-state index contributed by atoms with van der Waals surface area (Å²) in [5, 5.41) is 2.48. The smallest absolute Gasteiger partial charge is 0.0722 e. The first-order chi connectivity index (χ1) is 22.4. The summed E-state index contributed by atoms with van der Waals surface area (Å²) in [6.45, 7) is 19.2. The third-order valence-electron chi connectivity index (χ3n) is 10.0. The minimum absolute atomic E-state index is 0.398. The molecule has 0 heteroatoms. The maximum absolute atomic E-state index is 4.22. The lowest BCUT2D eigenvalue weighted by Gasteiger charge is -2.31. The summed E-state index contributed by atoms with van der Waals surface area (Å²) in [6.07, 6.45) is 10.7. The van der Waals surface area contributed by atoms with E-state index in [2.05, 4.69) is 163 Å². The molecule has 0 fully saturated rings. The molecule has 1 spiro atoms. The molecule has 0 bridgehead atoms. The van der Waals surface area contributed by atoms with Gasteiger partial charge < -0.3 is 0 Å². The minimum Gasteiger partial charge on any atom is -0.0990 e. The van der Waals surface area contributed by atoms with E-state index in [-0.39, 0.29) is 0 Å². The Morgan fingerprint density at radius 1 is 0.652 bits per heavy atom. The van der Waals surface area contributed by atoms with Gasteiger partial charge in [-0.05, 0) is 130 Å². The summed E-state index contributed by atoms with van der Waals surface area (Å²) in [5.41, 5.74) is 18.7. The van der Waals surface area contributed by atoms with E-state index < -0.39 is 5.41 Å². The lowest BCUT2D eigenvalue weighted by Crippen LogP contribution is -2.26. The van der Waals surface area contributed by atoms with Gasteiger partial charge in [-0.2, -0.15) is 0 Å². The fourth-order valence-corrected chi connectivity index (χ4v) is 8.16. The summed E-state index contributed by atoms with van der Waals surface area (Å²) in [6, 6.07) is 36.6. The zero-order chi connectivity index (χ0) is 32.2. The van der Waals surface area contributed by atoms with E-state index in [0.29, 0.717) is 0 Å². The first kappa shape index (κ1) is 29.5. The van der Waals surface area contributed by atoms with Crippen LogP contribution in [-0.4, -0.2) is 0 Å². The maximum Gasteiger partial charge on any atom is 0.0722 e. The molecule has 0 N–H and O–H groups in total. The molecular weight excluding hydrogens is 553 g/mol. The molecule has 1 unspecified atom stereocenters. The van der Waals surface area contributed by atoms with Crippen molar-refractivity contribution in [2.24, 2.45) is 0 Å². The molecule has 0 saturated carbocycles. The van der Waals surface area contributed by atoms with Crippen LogP contribution in [0.2, 0.25) is 0 Å². The van der Waals surface area contributed by atoms with Crippen LogP contribution >= 0.6 is 0 Å². The third-order valence-corrected chi connectivity index (χ3v) is 10.0. The van der Waals surface area contributed by atoms with Crippen molar-refractivity contribution >= 4 is 21.9 Å². The summed E-state index contributed by atoms with van der Waals surface area (Å²) < 4.78 is 0. The van der Waals surface area contributed by atoms with Gasteiger partial charge in [-0.25, -0.2) is 0 Å². The fraction of sp³-hybridized carbons (Fsp3) is 0.130. The van der Waals surface area contributed by atoms with Crippen LogP contribution in [0.5, 0.6) is 0 Å². The molecule has 0 nitrogen and oxygen atoms in total. The molecule has 1 atom stereocenters. The average molecular weight is 593 g/mol. The van der Waals surface area contributed by atoms with Gasteiger partial charge >= 0.3 is 0 Å². The lowest BCUT2D eigenvalue weighted by atomic mass is 9.69. The summed E-state index contributed by atoms with van der Waals surface area (Å²) >= 11 is 0. The Hall–Kier alpha value is -5.20. The Morgan fingerprint density at radius 2 is 1.33 bits per heavy atom. The van der Waals surface area contributed by atoms with Crippen LogP contribution in [0.25, 0.3) is 44.2 Å². The number of aryl methyl sites for hydroxylation is 1. The van der Waals surface area contributed by atoms with Gasteiger partial charge in [-0.1, -0.05) is 140 Å². The van der Waals surface area contributed by atoms with Crippen LogP contribution in [0.15, 0.2) is 157 Å². The molecule has 46 heavy (non-hydrogen) atoms. The number of benzene rings is 5. The van der Waals surface area contributed by atoms with E-state index in [9.17, 15) is 0 Å². The standard InChI is InChI=1S/C46H40/c1-8-16-35(32(9-2)29(5)6)36-26-25-34(31-23-21-30(7)22-24-31)39-27-41-38-18-13-15-20-44(38)46(45(41)28-40(36)39)42(11-4)33(10-3)37-17-12-14-19-43(37)46/h8-28H,1-2H2,3-7H3/b33-10-,35-16+,42-11+. The van der Waals surface area contributed by atoms with E-state index in [4.69, 9.17) is 0 Å². The highest BCUT2D eigenvalue weighted by atomic mass is 14.5. The van der Waals surface area contributed by atoms with E-state index >= 15 is 0 Å². The van der Waals surface area contributed by atoms with E-state index in [1.807, 2.05) is 12.2 Å². The highest BCUT2D eigenvalue weighted by molar-refractivity contribution is 6.10. The van der Waals surface area contributed by atoms with Crippen molar-refractivity contribution in [3.63, 3.8) is 0 Å². The predicted octanol–water partition coefficient (Wildman–Crippen LogP) is 12.6. The zero-order valence-electron chi connectivity index (χ0n) is 27.5. The summed E-state index contributed by atoms with van der Waals surface area (Å²) in [5.74, 6) is 0. The second-order valence-corrected chi connectivity index (χ2v) is 12.6. The quantitative estimate of drug-likeness (QED) is 0.178. The van der Waals surface area contributed by atoms with Gasteiger partial charge in [0.15, 0.2) is 0 Å². The van der Waals surface area contributed by atoms with Crippen molar-refractivity contribution in [2.45, 2.75) is 40.0 Å². The second-order valence-electron chi connectivity index (χ2n) is 12.6. The van der Waals surface area contributed by atoms with Gasteiger partial charge in [0.25, 0.3) is 0 Å². The predicted molar refractivity (Wildman–Crippen MR) is 200 cm³/mol. The Morgan fingerprint density at radius 3 is 1.96 bits per heavy atom. The average Bonchev–Trinajstić information content (AvgIpc) is 3.53.